The number of phenolic OH excluding ortho intramolecular Hbond substituents is 2. The van der Waals surface area contributed by atoms with E-state index in [-0.39, 0.29) is 0 Å². The van der Waals surface area contributed by atoms with Gasteiger partial charge in [-0.2, -0.15) is 0 Å². The van der Waals surface area contributed by atoms with Crippen LogP contribution in [0.25, 0.3) is 0 Å². The highest BCUT2D eigenvalue weighted by Crippen LogP contribution is 2.34. The first-order valence-electron chi connectivity index (χ1n) is 16.5. The molecule has 0 saturated carbocycles. The molecule has 0 unspecified atom stereocenters. The van der Waals surface area contributed by atoms with E-state index in [2.05, 4.69) is 26.0 Å². The third-order valence-electron chi connectivity index (χ3n) is 7.94. The first-order valence-corrected chi connectivity index (χ1v) is 17.3. The molecule has 0 aliphatic carbocycles. The minimum absolute atomic E-state index is 0.419. The van der Waals surface area contributed by atoms with Gasteiger partial charge in [0.05, 0.1) is 0 Å². The highest BCUT2D eigenvalue weighted by Gasteiger charge is 2.08. The molecule has 0 atom stereocenters. The smallest absolute Gasteiger partial charge is 0.118 e. The van der Waals surface area contributed by atoms with Gasteiger partial charge >= 0.3 is 0 Å². The lowest BCUT2D eigenvalue weighted by Crippen LogP contribution is -1.90. The van der Waals surface area contributed by atoms with Crippen molar-refractivity contribution >= 4 is 11.8 Å². The van der Waals surface area contributed by atoms with Crippen LogP contribution in [0, 0.1) is 0 Å². The van der Waals surface area contributed by atoms with Gasteiger partial charge in [0.25, 0.3) is 0 Å². The molecule has 2 rings (SSSR count). The van der Waals surface area contributed by atoms with Crippen molar-refractivity contribution in [2.45, 2.75) is 165 Å². The molecule has 0 saturated heterocycles. The number of hydrogen-bond donors (Lipinski definition) is 2. The molecule has 0 fully saturated rings. The van der Waals surface area contributed by atoms with Crippen molar-refractivity contribution in [2.75, 3.05) is 0 Å². The van der Waals surface area contributed by atoms with Gasteiger partial charge in [-0.15, -0.1) is 0 Å². The predicted octanol–water partition coefficient (Wildman–Crippen LogP) is 12.2. The van der Waals surface area contributed by atoms with Crippen molar-refractivity contribution in [1.82, 2.24) is 0 Å². The van der Waals surface area contributed by atoms with E-state index in [0.29, 0.717) is 11.5 Å². The van der Waals surface area contributed by atoms with Gasteiger partial charge in [0.2, 0.25) is 0 Å². The Morgan fingerprint density at radius 2 is 0.744 bits per heavy atom. The minimum Gasteiger partial charge on any atom is -0.508 e. The van der Waals surface area contributed by atoms with E-state index in [1.54, 1.807) is 11.8 Å². The number of aryl methyl sites for hydroxylation is 2. The Kier molecular flexibility index (Phi) is 19.1. The van der Waals surface area contributed by atoms with Crippen LogP contribution in [0.15, 0.2) is 46.2 Å². The molecule has 39 heavy (non-hydrogen) atoms. The van der Waals surface area contributed by atoms with Crippen molar-refractivity contribution < 1.29 is 10.2 Å². The van der Waals surface area contributed by atoms with Crippen molar-refractivity contribution in [1.29, 1.82) is 0 Å². The van der Waals surface area contributed by atoms with Crippen LogP contribution in [0.2, 0.25) is 0 Å². The molecule has 220 valence electrons. The fraction of sp³-hybridized carbons (Fsp3) is 0.667. The highest BCUT2D eigenvalue weighted by atomic mass is 32.2. The Bertz CT molecular complexity index is 807. The summed E-state index contributed by atoms with van der Waals surface area (Å²) in [6, 6.07) is 12.0. The molecule has 3 heteroatoms. The Balaban J connectivity index is 1.69. The molecule has 2 N–H and O–H groups in total. The molecule has 0 spiro atoms. The summed E-state index contributed by atoms with van der Waals surface area (Å²) in [5, 5.41) is 20.8. The number of rotatable bonds is 24. The SMILES string of the molecule is CCCCCCCCCCCCc1cc(Sc2ccc(O)c(CCCCCCCCCCCC)c2)ccc1O. The quantitative estimate of drug-likeness (QED) is 0.127. The lowest BCUT2D eigenvalue weighted by molar-refractivity contribution is 0.465. The van der Waals surface area contributed by atoms with Gasteiger partial charge in [0.15, 0.2) is 0 Å². The Morgan fingerprint density at radius 1 is 0.436 bits per heavy atom. The van der Waals surface area contributed by atoms with E-state index in [1.165, 1.54) is 116 Å². The summed E-state index contributed by atoms with van der Waals surface area (Å²) in [6.45, 7) is 4.55. The summed E-state index contributed by atoms with van der Waals surface area (Å²) in [5.74, 6) is 0.838. The van der Waals surface area contributed by atoms with Gasteiger partial charge in [0.1, 0.15) is 11.5 Å². The second kappa shape index (κ2) is 22.1. The van der Waals surface area contributed by atoms with Crippen molar-refractivity contribution in [3.8, 4) is 11.5 Å². The summed E-state index contributed by atoms with van der Waals surface area (Å²) in [5.41, 5.74) is 2.12. The van der Waals surface area contributed by atoms with Crippen molar-refractivity contribution in [3.05, 3.63) is 47.5 Å². The molecule has 2 aromatic carbocycles. The van der Waals surface area contributed by atoms with Crippen molar-refractivity contribution in [2.24, 2.45) is 0 Å². The number of hydrogen-bond acceptors (Lipinski definition) is 3. The van der Waals surface area contributed by atoms with E-state index in [9.17, 15) is 10.2 Å². The average molecular weight is 555 g/mol. The maximum absolute atomic E-state index is 10.4. The molecule has 2 aromatic rings. The topological polar surface area (TPSA) is 40.5 Å². The van der Waals surface area contributed by atoms with Crippen LogP contribution in [0.3, 0.4) is 0 Å². The summed E-state index contributed by atoms with van der Waals surface area (Å²) >= 11 is 1.73. The van der Waals surface area contributed by atoms with Gasteiger partial charge in [-0.05, 0) is 73.2 Å². The van der Waals surface area contributed by atoms with Crippen LogP contribution in [-0.2, 0) is 12.8 Å². The van der Waals surface area contributed by atoms with E-state index >= 15 is 0 Å². The Morgan fingerprint density at radius 3 is 1.08 bits per heavy atom. The molecular weight excluding hydrogens is 496 g/mol. The molecule has 0 radical (unpaired) electrons. The van der Waals surface area contributed by atoms with Crippen LogP contribution in [0.4, 0.5) is 0 Å². The second-order valence-corrected chi connectivity index (χ2v) is 12.7. The Hall–Kier alpha value is -1.61. The van der Waals surface area contributed by atoms with Gasteiger partial charge in [0, 0.05) is 9.79 Å². The first-order chi connectivity index (χ1) is 19.1. The number of phenols is 2. The number of unbranched alkanes of at least 4 members (excludes halogenated alkanes) is 18. The van der Waals surface area contributed by atoms with Crippen LogP contribution in [-0.4, -0.2) is 10.2 Å². The van der Waals surface area contributed by atoms with E-state index in [0.717, 1.165) is 46.6 Å². The lowest BCUT2D eigenvalue weighted by atomic mass is 10.0. The third kappa shape index (κ3) is 15.7. The largest absolute Gasteiger partial charge is 0.508 e. The third-order valence-corrected chi connectivity index (χ3v) is 8.92. The molecule has 0 amide bonds. The normalized spacial score (nSPS) is 11.3. The second-order valence-electron chi connectivity index (χ2n) is 11.5. The molecule has 0 aliphatic rings. The molecule has 2 nitrogen and oxygen atoms in total. The summed E-state index contributed by atoms with van der Waals surface area (Å²) in [7, 11) is 0. The number of aromatic hydroxyl groups is 2. The summed E-state index contributed by atoms with van der Waals surface area (Å²) < 4.78 is 0. The standard InChI is InChI=1S/C36H58O2S/c1-3-5-7-9-11-13-15-17-19-21-23-31-29-33(25-27-35(31)37)39-34-26-28-36(38)32(30-34)24-22-20-18-16-14-12-10-8-6-4-2/h25-30,37-38H,3-24H2,1-2H3. The van der Waals surface area contributed by atoms with Crippen LogP contribution < -0.4 is 0 Å². The maximum Gasteiger partial charge on any atom is 0.118 e. The van der Waals surface area contributed by atoms with Crippen LogP contribution in [0.5, 0.6) is 11.5 Å². The molecule has 0 aromatic heterocycles. The predicted molar refractivity (Wildman–Crippen MR) is 171 cm³/mol. The van der Waals surface area contributed by atoms with Gasteiger partial charge in [-0.3, -0.25) is 0 Å². The zero-order chi connectivity index (χ0) is 28.0. The monoisotopic (exact) mass is 554 g/mol. The van der Waals surface area contributed by atoms with Crippen LogP contribution >= 0.6 is 11.8 Å². The average Bonchev–Trinajstić information content (AvgIpc) is 2.94. The maximum atomic E-state index is 10.4. The zero-order valence-electron chi connectivity index (χ0n) is 25.3. The van der Waals surface area contributed by atoms with E-state index < -0.39 is 0 Å². The van der Waals surface area contributed by atoms with E-state index in [1.807, 2.05) is 24.3 Å². The summed E-state index contributed by atoms with van der Waals surface area (Å²) in [6.07, 6.45) is 28.5. The lowest BCUT2D eigenvalue weighted by Gasteiger charge is -2.10. The van der Waals surface area contributed by atoms with Crippen molar-refractivity contribution in [3.63, 3.8) is 0 Å². The number of benzene rings is 2. The fourth-order valence-electron chi connectivity index (χ4n) is 5.39. The zero-order valence-corrected chi connectivity index (χ0v) is 26.1. The van der Waals surface area contributed by atoms with Gasteiger partial charge in [-0.1, -0.05) is 141 Å². The first kappa shape index (κ1) is 33.6. The molecule has 0 bridgehead atoms. The van der Waals surface area contributed by atoms with E-state index in [4.69, 9.17) is 0 Å². The molecule has 0 aliphatic heterocycles. The molecule has 0 heterocycles. The minimum atomic E-state index is 0.419. The Labute approximate surface area is 245 Å². The molecular formula is C36H58O2S. The van der Waals surface area contributed by atoms with Gasteiger partial charge < -0.3 is 10.2 Å². The van der Waals surface area contributed by atoms with Gasteiger partial charge in [-0.25, -0.2) is 0 Å². The summed E-state index contributed by atoms with van der Waals surface area (Å²) in [4.78, 5) is 2.32. The fourth-order valence-corrected chi connectivity index (χ4v) is 6.34. The van der Waals surface area contributed by atoms with Crippen LogP contribution in [0.1, 0.15) is 153 Å². The highest BCUT2D eigenvalue weighted by molar-refractivity contribution is 7.99.